The zero-order valence-corrected chi connectivity index (χ0v) is 8.62. The molecule has 2 N–H and O–H groups in total. The number of aryl methyl sites for hydroxylation is 1. The Labute approximate surface area is 83.7 Å². The largest absolute Gasteiger partial charge is 0.456 e. The van der Waals surface area contributed by atoms with Crippen LogP contribution in [0.5, 0.6) is 0 Å². The molecule has 78 valence electrons. The number of hydrogen-bond acceptors (Lipinski definition) is 3. The molecule has 14 heavy (non-hydrogen) atoms. The van der Waals surface area contributed by atoms with Crippen molar-refractivity contribution in [1.82, 2.24) is 4.90 Å². The standard InChI is InChI=1S/C10H16N2O2/c1-8-4-5-9(14-8)10(13)12(2)7-3-6-11/h4-5H,3,6-7,11H2,1-2H3. The maximum Gasteiger partial charge on any atom is 0.289 e. The number of hydrogen-bond donors (Lipinski definition) is 1. The average Bonchev–Trinajstić information content (AvgIpc) is 2.60. The highest BCUT2D eigenvalue weighted by atomic mass is 16.3. The molecular formula is C10H16N2O2. The smallest absolute Gasteiger partial charge is 0.289 e. The Kier molecular flexibility index (Phi) is 3.71. The van der Waals surface area contributed by atoms with Gasteiger partial charge in [0.1, 0.15) is 5.76 Å². The first-order valence-corrected chi connectivity index (χ1v) is 4.67. The van der Waals surface area contributed by atoms with Crippen LogP contribution < -0.4 is 5.73 Å². The van der Waals surface area contributed by atoms with Crippen LogP contribution in [0.4, 0.5) is 0 Å². The predicted octanol–water partition coefficient (Wildman–Crippen LogP) is 1.01. The predicted molar refractivity (Wildman–Crippen MR) is 54.1 cm³/mol. The normalized spacial score (nSPS) is 10.2. The van der Waals surface area contributed by atoms with Gasteiger partial charge < -0.3 is 15.1 Å². The third-order valence-corrected chi connectivity index (χ3v) is 2.00. The molecule has 0 bridgehead atoms. The third kappa shape index (κ3) is 2.60. The fourth-order valence-corrected chi connectivity index (χ4v) is 1.17. The molecule has 4 nitrogen and oxygen atoms in total. The van der Waals surface area contributed by atoms with E-state index in [1.54, 1.807) is 24.1 Å². The highest BCUT2D eigenvalue weighted by Gasteiger charge is 2.14. The molecule has 0 aromatic carbocycles. The molecule has 1 heterocycles. The van der Waals surface area contributed by atoms with Crippen LogP contribution in [0.15, 0.2) is 16.5 Å². The molecule has 0 atom stereocenters. The molecule has 1 aromatic rings. The molecule has 0 spiro atoms. The fourth-order valence-electron chi connectivity index (χ4n) is 1.17. The minimum Gasteiger partial charge on any atom is -0.456 e. The van der Waals surface area contributed by atoms with Crippen molar-refractivity contribution in [2.24, 2.45) is 5.73 Å². The van der Waals surface area contributed by atoms with E-state index in [9.17, 15) is 4.79 Å². The topological polar surface area (TPSA) is 59.5 Å². The Bertz CT molecular complexity index is 307. The number of nitrogens with two attached hydrogens (primary N) is 1. The quantitative estimate of drug-likeness (QED) is 0.781. The van der Waals surface area contributed by atoms with Gasteiger partial charge in [0.2, 0.25) is 0 Å². The van der Waals surface area contributed by atoms with Gasteiger partial charge in [0.05, 0.1) is 0 Å². The highest BCUT2D eigenvalue weighted by molar-refractivity contribution is 5.91. The molecule has 1 rings (SSSR count). The van der Waals surface area contributed by atoms with Gasteiger partial charge in [-0.25, -0.2) is 0 Å². The first kappa shape index (κ1) is 10.8. The zero-order valence-electron chi connectivity index (χ0n) is 8.62. The van der Waals surface area contributed by atoms with Crippen LogP contribution in [0.2, 0.25) is 0 Å². The van der Waals surface area contributed by atoms with Gasteiger partial charge in [-0.1, -0.05) is 0 Å². The van der Waals surface area contributed by atoms with E-state index in [0.717, 1.165) is 12.2 Å². The lowest BCUT2D eigenvalue weighted by Crippen LogP contribution is -2.28. The summed E-state index contributed by atoms with van der Waals surface area (Å²) in [5, 5.41) is 0. The number of furan rings is 1. The van der Waals surface area contributed by atoms with Crippen molar-refractivity contribution < 1.29 is 9.21 Å². The van der Waals surface area contributed by atoms with E-state index in [0.29, 0.717) is 18.8 Å². The fraction of sp³-hybridized carbons (Fsp3) is 0.500. The van der Waals surface area contributed by atoms with Crippen molar-refractivity contribution >= 4 is 5.91 Å². The number of carbonyl (C=O) groups excluding carboxylic acids is 1. The SMILES string of the molecule is Cc1ccc(C(=O)N(C)CCCN)o1. The van der Waals surface area contributed by atoms with Gasteiger partial charge in [0.25, 0.3) is 5.91 Å². The molecule has 0 aliphatic carbocycles. The molecule has 0 saturated heterocycles. The van der Waals surface area contributed by atoms with Crippen molar-refractivity contribution in [3.8, 4) is 0 Å². The van der Waals surface area contributed by atoms with Crippen LogP contribution in [0.25, 0.3) is 0 Å². The van der Waals surface area contributed by atoms with Crippen LogP contribution in [0.1, 0.15) is 22.7 Å². The van der Waals surface area contributed by atoms with E-state index < -0.39 is 0 Å². The van der Waals surface area contributed by atoms with Crippen LogP contribution in [0.3, 0.4) is 0 Å². The Balaban J connectivity index is 2.56. The van der Waals surface area contributed by atoms with Crippen molar-refractivity contribution in [3.05, 3.63) is 23.7 Å². The molecular weight excluding hydrogens is 180 g/mol. The highest BCUT2D eigenvalue weighted by Crippen LogP contribution is 2.08. The van der Waals surface area contributed by atoms with Gasteiger partial charge in [0.15, 0.2) is 5.76 Å². The second-order valence-corrected chi connectivity index (χ2v) is 3.28. The summed E-state index contributed by atoms with van der Waals surface area (Å²) in [7, 11) is 1.75. The maximum absolute atomic E-state index is 11.7. The maximum atomic E-state index is 11.7. The summed E-state index contributed by atoms with van der Waals surface area (Å²) in [6.45, 7) is 3.07. The van der Waals surface area contributed by atoms with Crippen molar-refractivity contribution in [3.63, 3.8) is 0 Å². The lowest BCUT2D eigenvalue weighted by molar-refractivity contribution is 0.0761. The third-order valence-electron chi connectivity index (χ3n) is 2.00. The van der Waals surface area contributed by atoms with Gasteiger partial charge in [-0.15, -0.1) is 0 Å². The van der Waals surface area contributed by atoms with Crippen molar-refractivity contribution in [1.29, 1.82) is 0 Å². The Morgan fingerprint density at radius 1 is 1.57 bits per heavy atom. The molecule has 0 aliphatic heterocycles. The molecule has 0 fully saturated rings. The summed E-state index contributed by atoms with van der Waals surface area (Å²) in [5.41, 5.74) is 5.36. The van der Waals surface area contributed by atoms with Crippen LogP contribution in [-0.4, -0.2) is 30.9 Å². The molecule has 1 aromatic heterocycles. The summed E-state index contributed by atoms with van der Waals surface area (Å²) in [5.74, 6) is 1.05. The average molecular weight is 196 g/mol. The Morgan fingerprint density at radius 3 is 2.79 bits per heavy atom. The Morgan fingerprint density at radius 2 is 2.29 bits per heavy atom. The summed E-state index contributed by atoms with van der Waals surface area (Å²) < 4.78 is 5.22. The molecule has 1 amide bonds. The summed E-state index contributed by atoms with van der Waals surface area (Å²) in [4.78, 5) is 13.3. The van der Waals surface area contributed by atoms with Crippen molar-refractivity contribution in [2.75, 3.05) is 20.1 Å². The lowest BCUT2D eigenvalue weighted by atomic mass is 10.3. The van der Waals surface area contributed by atoms with Gasteiger partial charge in [-0.2, -0.15) is 0 Å². The first-order chi connectivity index (χ1) is 6.65. The van der Waals surface area contributed by atoms with Crippen LogP contribution >= 0.6 is 0 Å². The number of amides is 1. The summed E-state index contributed by atoms with van der Waals surface area (Å²) in [6, 6.07) is 3.47. The minimum atomic E-state index is -0.0912. The second kappa shape index (κ2) is 4.81. The number of carbonyl (C=O) groups is 1. The van der Waals surface area contributed by atoms with Gasteiger partial charge >= 0.3 is 0 Å². The second-order valence-electron chi connectivity index (χ2n) is 3.28. The van der Waals surface area contributed by atoms with Gasteiger partial charge in [-0.05, 0) is 32.0 Å². The summed E-state index contributed by atoms with van der Waals surface area (Å²) >= 11 is 0. The zero-order chi connectivity index (χ0) is 10.6. The minimum absolute atomic E-state index is 0.0912. The van der Waals surface area contributed by atoms with E-state index >= 15 is 0 Å². The van der Waals surface area contributed by atoms with E-state index in [1.807, 2.05) is 6.92 Å². The van der Waals surface area contributed by atoms with E-state index in [1.165, 1.54) is 0 Å². The molecule has 0 radical (unpaired) electrons. The van der Waals surface area contributed by atoms with Gasteiger partial charge in [-0.3, -0.25) is 4.79 Å². The number of rotatable bonds is 4. The summed E-state index contributed by atoms with van der Waals surface area (Å²) in [6.07, 6.45) is 0.807. The van der Waals surface area contributed by atoms with Crippen molar-refractivity contribution in [2.45, 2.75) is 13.3 Å². The van der Waals surface area contributed by atoms with E-state index in [-0.39, 0.29) is 5.91 Å². The number of nitrogens with zero attached hydrogens (tertiary/aromatic N) is 1. The Hall–Kier alpha value is -1.29. The molecule has 0 saturated carbocycles. The molecule has 0 aliphatic rings. The van der Waals surface area contributed by atoms with E-state index in [4.69, 9.17) is 10.2 Å². The molecule has 0 unspecified atom stereocenters. The van der Waals surface area contributed by atoms with Crippen LogP contribution in [-0.2, 0) is 0 Å². The first-order valence-electron chi connectivity index (χ1n) is 4.67. The monoisotopic (exact) mass is 196 g/mol. The molecule has 4 heteroatoms. The van der Waals surface area contributed by atoms with Crippen LogP contribution in [0, 0.1) is 6.92 Å². The van der Waals surface area contributed by atoms with Gasteiger partial charge in [0, 0.05) is 13.6 Å². The lowest BCUT2D eigenvalue weighted by Gasteiger charge is -2.14. The van der Waals surface area contributed by atoms with E-state index in [2.05, 4.69) is 0 Å².